The van der Waals surface area contributed by atoms with Crippen molar-refractivity contribution < 1.29 is 14.6 Å². The van der Waals surface area contributed by atoms with E-state index in [4.69, 9.17) is 10.00 Å². The maximum atomic E-state index is 12.9. The van der Waals surface area contributed by atoms with Gasteiger partial charge in [-0.3, -0.25) is 4.79 Å². The molecule has 1 heterocycles. The minimum absolute atomic E-state index is 0.00513. The lowest BCUT2D eigenvalue weighted by atomic mass is 9.80. The maximum absolute atomic E-state index is 12.9. The molecule has 0 unspecified atom stereocenters. The molecule has 0 spiro atoms. The number of carbonyl (C=O) groups is 1. The van der Waals surface area contributed by atoms with E-state index < -0.39 is 0 Å². The molecule has 1 aliphatic carbocycles. The maximum Gasteiger partial charge on any atom is 0.227 e. The summed E-state index contributed by atoms with van der Waals surface area (Å²) in [4.78, 5) is 14.8. The van der Waals surface area contributed by atoms with Crippen LogP contribution < -0.4 is 4.74 Å². The fraction of sp³-hybridized carbons (Fsp3) is 0.600. The van der Waals surface area contributed by atoms with Gasteiger partial charge in [0.25, 0.3) is 0 Å². The summed E-state index contributed by atoms with van der Waals surface area (Å²) in [6, 6.07) is 9.51. The Morgan fingerprint density at radius 3 is 2.92 bits per heavy atom. The molecule has 2 fully saturated rings. The number of rotatable bonds is 5. The van der Waals surface area contributed by atoms with Gasteiger partial charge in [-0.1, -0.05) is 25.0 Å². The highest BCUT2D eigenvalue weighted by atomic mass is 16.5. The molecule has 1 saturated heterocycles. The predicted molar refractivity (Wildman–Crippen MR) is 94.0 cm³/mol. The molecule has 1 aliphatic heterocycles. The average molecular weight is 342 g/mol. The van der Waals surface area contributed by atoms with Gasteiger partial charge in [0.15, 0.2) is 6.61 Å². The molecule has 3 rings (SSSR count). The van der Waals surface area contributed by atoms with Crippen LogP contribution in [-0.2, 0) is 11.2 Å². The lowest BCUT2D eigenvalue weighted by Gasteiger charge is -2.37. The standard InChI is InChI=1S/C20H26N2O3/c21-10-12-25-16-6-3-5-15(13-16)14-20(24)22-11-4-8-18(22)17-7-1-2-9-19(17)23/h3,5-6,13,17-19,23H,1-2,4,7-9,11-12,14H2/t17-,18+,19+/m0/s1. The Kier molecular flexibility index (Phi) is 5.93. The molecule has 25 heavy (non-hydrogen) atoms. The zero-order chi connectivity index (χ0) is 17.6. The lowest BCUT2D eigenvalue weighted by molar-refractivity contribution is -0.133. The second-order valence-electron chi connectivity index (χ2n) is 7.08. The van der Waals surface area contributed by atoms with E-state index in [0.29, 0.717) is 12.2 Å². The van der Waals surface area contributed by atoms with E-state index >= 15 is 0 Å². The Labute approximate surface area is 149 Å². The molecule has 5 nitrogen and oxygen atoms in total. The second-order valence-corrected chi connectivity index (χ2v) is 7.08. The van der Waals surface area contributed by atoms with Crippen LogP contribution in [0, 0.1) is 17.2 Å². The highest BCUT2D eigenvalue weighted by molar-refractivity contribution is 5.79. The number of aliphatic hydroxyl groups is 1. The zero-order valence-corrected chi connectivity index (χ0v) is 14.6. The second kappa shape index (κ2) is 8.35. The number of nitriles is 1. The van der Waals surface area contributed by atoms with Crippen molar-refractivity contribution in [3.8, 4) is 11.8 Å². The van der Waals surface area contributed by atoms with Gasteiger partial charge < -0.3 is 14.7 Å². The van der Waals surface area contributed by atoms with Crippen LogP contribution >= 0.6 is 0 Å². The Balaban J connectivity index is 1.65. The van der Waals surface area contributed by atoms with Crippen LogP contribution in [0.4, 0.5) is 0 Å². The molecular formula is C20H26N2O3. The van der Waals surface area contributed by atoms with E-state index in [0.717, 1.165) is 50.6 Å². The van der Waals surface area contributed by atoms with E-state index in [1.807, 2.05) is 29.2 Å². The van der Waals surface area contributed by atoms with Crippen molar-refractivity contribution in [1.29, 1.82) is 5.26 Å². The number of benzene rings is 1. The van der Waals surface area contributed by atoms with Gasteiger partial charge in [-0.05, 0) is 43.4 Å². The van der Waals surface area contributed by atoms with Crippen molar-refractivity contribution in [2.75, 3.05) is 13.2 Å². The smallest absolute Gasteiger partial charge is 0.227 e. The van der Waals surface area contributed by atoms with Gasteiger partial charge in [0.2, 0.25) is 5.91 Å². The van der Waals surface area contributed by atoms with Crippen LogP contribution in [0.2, 0.25) is 0 Å². The SMILES string of the molecule is N#CCOc1cccc(CC(=O)N2CCC[C@@H]2[C@@H]2CCCC[C@H]2O)c1. The first-order chi connectivity index (χ1) is 12.2. The Morgan fingerprint density at radius 2 is 2.12 bits per heavy atom. The third kappa shape index (κ3) is 4.32. The van der Waals surface area contributed by atoms with Crippen molar-refractivity contribution in [3.63, 3.8) is 0 Å². The van der Waals surface area contributed by atoms with Gasteiger partial charge in [-0.2, -0.15) is 5.26 Å². The summed E-state index contributed by atoms with van der Waals surface area (Å²) in [6.07, 6.45) is 6.21. The molecule has 1 amide bonds. The van der Waals surface area contributed by atoms with E-state index in [2.05, 4.69) is 0 Å². The molecular weight excluding hydrogens is 316 g/mol. The first-order valence-corrected chi connectivity index (χ1v) is 9.25. The van der Waals surface area contributed by atoms with Gasteiger partial charge in [0, 0.05) is 18.5 Å². The Morgan fingerprint density at radius 1 is 1.28 bits per heavy atom. The molecule has 134 valence electrons. The number of aliphatic hydroxyl groups excluding tert-OH is 1. The van der Waals surface area contributed by atoms with Crippen molar-refractivity contribution in [2.24, 2.45) is 5.92 Å². The fourth-order valence-corrected chi connectivity index (χ4v) is 4.27. The van der Waals surface area contributed by atoms with E-state index in [1.165, 1.54) is 0 Å². The van der Waals surface area contributed by atoms with E-state index in [9.17, 15) is 9.90 Å². The minimum Gasteiger partial charge on any atom is -0.479 e. The molecule has 0 bridgehead atoms. The molecule has 1 aromatic carbocycles. The van der Waals surface area contributed by atoms with Crippen LogP contribution in [0.1, 0.15) is 44.1 Å². The summed E-state index contributed by atoms with van der Waals surface area (Å²) >= 11 is 0. The first kappa shape index (κ1) is 17.8. The number of likely N-dealkylation sites (tertiary alicyclic amines) is 1. The van der Waals surface area contributed by atoms with E-state index in [1.54, 1.807) is 6.07 Å². The van der Waals surface area contributed by atoms with Crippen LogP contribution in [0.3, 0.4) is 0 Å². The lowest BCUT2D eigenvalue weighted by Crippen LogP contribution is -2.45. The normalized spacial score (nSPS) is 26.2. The van der Waals surface area contributed by atoms with Crippen molar-refractivity contribution in [1.82, 2.24) is 4.90 Å². The van der Waals surface area contributed by atoms with Crippen LogP contribution in [0.15, 0.2) is 24.3 Å². The minimum atomic E-state index is -0.269. The van der Waals surface area contributed by atoms with E-state index in [-0.39, 0.29) is 30.6 Å². The Hall–Kier alpha value is -2.06. The van der Waals surface area contributed by atoms with Crippen LogP contribution in [-0.4, -0.2) is 41.2 Å². The molecule has 1 aromatic rings. The summed E-state index contributed by atoms with van der Waals surface area (Å²) in [5.41, 5.74) is 0.898. The van der Waals surface area contributed by atoms with Crippen LogP contribution in [0.25, 0.3) is 0 Å². The first-order valence-electron chi connectivity index (χ1n) is 9.25. The summed E-state index contributed by atoms with van der Waals surface area (Å²) in [5, 5.41) is 19.0. The quantitative estimate of drug-likeness (QED) is 0.893. The van der Waals surface area contributed by atoms with Gasteiger partial charge in [-0.15, -0.1) is 0 Å². The van der Waals surface area contributed by atoms with Gasteiger partial charge >= 0.3 is 0 Å². The predicted octanol–water partition coefficient (Wildman–Crippen LogP) is 2.67. The zero-order valence-electron chi connectivity index (χ0n) is 14.6. The largest absolute Gasteiger partial charge is 0.479 e. The number of nitrogens with zero attached hydrogens (tertiary/aromatic N) is 2. The molecule has 3 atom stereocenters. The number of ether oxygens (including phenoxy) is 1. The van der Waals surface area contributed by atoms with Gasteiger partial charge in [0.1, 0.15) is 11.8 Å². The highest BCUT2D eigenvalue weighted by Crippen LogP contribution is 2.35. The molecule has 5 heteroatoms. The summed E-state index contributed by atoms with van der Waals surface area (Å²) in [6.45, 7) is 0.794. The van der Waals surface area contributed by atoms with Crippen molar-refractivity contribution >= 4 is 5.91 Å². The van der Waals surface area contributed by atoms with Gasteiger partial charge in [0.05, 0.1) is 12.5 Å². The fourth-order valence-electron chi connectivity index (χ4n) is 4.27. The average Bonchev–Trinajstić information content (AvgIpc) is 3.10. The molecule has 1 N–H and O–H groups in total. The van der Waals surface area contributed by atoms with Crippen LogP contribution in [0.5, 0.6) is 5.75 Å². The summed E-state index contributed by atoms with van der Waals surface area (Å²) in [7, 11) is 0. The topological polar surface area (TPSA) is 73.6 Å². The number of amides is 1. The van der Waals surface area contributed by atoms with Gasteiger partial charge in [-0.25, -0.2) is 0 Å². The number of hydrogen-bond acceptors (Lipinski definition) is 4. The highest BCUT2D eigenvalue weighted by Gasteiger charge is 2.38. The van der Waals surface area contributed by atoms with Crippen molar-refractivity contribution in [3.05, 3.63) is 29.8 Å². The van der Waals surface area contributed by atoms with Crippen molar-refractivity contribution in [2.45, 2.75) is 57.1 Å². The summed E-state index contributed by atoms with van der Waals surface area (Å²) < 4.78 is 5.31. The number of hydrogen-bond donors (Lipinski definition) is 1. The third-order valence-corrected chi connectivity index (χ3v) is 5.45. The summed E-state index contributed by atoms with van der Waals surface area (Å²) in [5.74, 6) is 0.968. The molecule has 0 radical (unpaired) electrons. The Bertz CT molecular complexity index is 640. The molecule has 0 aromatic heterocycles. The number of carbonyl (C=O) groups excluding carboxylic acids is 1. The molecule has 1 saturated carbocycles. The monoisotopic (exact) mass is 342 g/mol. The third-order valence-electron chi connectivity index (χ3n) is 5.45. The molecule has 2 aliphatic rings.